The van der Waals surface area contributed by atoms with Crippen molar-refractivity contribution in [1.29, 1.82) is 0 Å². The third-order valence-corrected chi connectivity index (χ3v) is 3.91. The topological polar surface area (TPSA) is 55.1 Å². The van der Waals surface area contributed by atoms with Gasteiger partial charge in [0.2, 0.25) is 5.91 Å². The van der Waals surface area contributed by atoms with Crippen molar-refractivity contribution in [2.45, 2.75) is 6.92 Å². The van der Waals surface area contributed by atoms with E-state index in [9.17, 15) is 4.79 Å². The minimum atomic E-state index is -0.255. The molecule has 6 heteroatoms. The van der Waals surface area contributed by atoms with E-state index in [4.69, 9.17) is 16.0 Å². The van der Waals surface area contributed by atoms with Crippen LogP contribution in [0, 0.1) is 6.92 Å². The number of nitrogens with zero attached hydrogens (tertiary/aromatic N) is 1. The molecule has 1 amide bonds. The lowest BCUT2D eigenvalue weighted by atomic mass is 10.3. The number of anilines is 1. The molecule has 21 heavy (non-hydrogen) atoms. The lowest BCUT2D eigenvalue weighted by molar-refractivity contribution is -0.111. The number of aromatic nitrogens is 1. The minimum absolute atomic E-state index is 0.255. The van der Waals surface area contributed by atoms with Crippen LogP contribution in [-0.2, 0) is 4.79 Å². The average molecular weight is 319 g/mol. The number of carbonyl (C=O) groups is 1. The Morgan fingerprint density at radius 1 is 1.38 bits per heavy atom. The number of carbonyl (C=O) groups excluding carboxylic acids is 1. The highest BCUT2D eigenvalue weighted by Gasteiger charge is 2.06. The first kappa shape index (κ1) is 13.9. The zero-order chi connectivity index (χ0) is 14.8. The number of amides is 1. The first-order valence-electron chi connectivity index (χ1n) is 6.22. The molecule has 0 atom stereocenters. The molecule has 0 saturated carbocycles. The van der Waals surface area contributed by atoms with Gasteiger partial charge in [0.15, 0.2) is 5.13 Å². The smallest absolute Gasteiger partial charge is 0.250 e. The van der Waals surface area contributed by atoms with Gasteiger partial charge in [-0.3, -0.25) is 10.1 Å². The van der Waals surface area contributed by atoms with Crippen molar-refractivity contribution in [2.75, 3.05) is 5.32 Å². The predicted molar refractivity (Wildman–Crippen MR) is 85.7 cm³/mol. The lowest BCUT2D eigenvalue weighted by Crippen LogP contribution is -2.07. The van der Waals surface area contributed by atoms with Crippen molar-refractivity contribution in [2.24, 2.45) is 0 Å². The molecule has 3 aromatic rings. The largest absolute Gasteiger partial charge is 0.462 e. The zero-order valence-corrected chi connectivity index (χ0v) is 12.7. The summed E-state index contributed by atoms with van der Waals surface area (Å²) in [5.41, 5.74) is 0.810. The van der Waals surface area contributed by atoms with Crippen molar-refractivity contribution in [3.8, 4) is 0 Å². The van der Waals surface area contributed by atoms with Crippen LogP contribution in [0.25, 0.3) is 16.3 Å². The molecular formula is C15H11ClN2O2S. The van der Waals surface area contributed by atoms with E-state index in [1.807, 2.05) is 25.1 Å². The maximum absolute atomic E-state index is 11.8. The fourth-order valence-corrected chi connectivity index (χ4v) is 2.94. The average Bonchev–Trinajstić information content (AvgIpc) is 3.01. The Labute approximate surface area is 130 Å². The molecule has 106 valence electrons. The second-order valence-corrected chi connectivity index (χ2v) is 5.87. The van der Waals surface area contributed by atoms with Crippen LogP contribution >= 0.6 is 22.9 Å². The Morgan fingerprint density at radius 2 is 2.24 bits per heavy atom. The second kappa shape index (κ2) is 5.71. The molecular weight excluding hydrogens is 308 g/mol. The number of thiazole rings is 1. The molecule has 0 aliphatic carbocycles. The molecule has 0 bridgehead atoms. The normalized spacial score (nSPS) is 11.3. The number of aryl methyl sites for hydroxylation is 1. The Kier molecular flexibility index (Phi) is 3.77. The van der Waals surface area contributed by atoms with Crippen LogP contribution in [0.4, 0.5) is 5.13 Å². The summed E-state index contributed by atoms with van der Waals surface area (Å²) in [6.07, 6.45) is 3.03. The van der Waals surface area contributed by atoms with Gasteiger partial charge in [0.1, 0.15) is 11.5 Å². The van der Waals surface area contributed by atoms with E-state index < -0.39 is 0 Å². The Morgan fingerprint density at radius 3 is 3.00 bits per heavy atom. The van der Waals surface area contributed by atoms with Crippen LogP contribution in [0.2, 0.25) is 5.02 Å². The van der Waals surface area contributed by atoms with Crippen molar-refractivity contribution in [3.63, 3.8) is 0 Å². The third kappa shape index (κ3) is 3.32. The molecule has 4 nitrogen and oxygen atoms in total. The zero-order valence-electron chi connectivity index (χ0n) is 11.1. The number of fused-ring (bicyclic) bond motifs is 1. The molecule has 0 aliphatic rings. The van der Waals surface area contributed by atoms with E-state index in [0.717, 1.165) is 16.0 Å². The Balaban J connectivity index is 1.72. The molecule has 1 N–H and O–H groups in total. The van der Waals surface area contributed by atoms with Gasteiger partial charge in [0, 0.05) is 11.1 Å². The van der Waals surface area contributed by atoms with E-state index in [1.165, 1.54) is 17.4 Å². The number of nitrogens with one attached hydrogen (secondary N) is 1. The van der Waals surface area contributed by atoms with Crippen molar-refractivity contribution in [3.05, 3.63) is 53.0 Å². The summed E-state index contributed by atoms with van der Waals surface area (Å²) in [4.78, 5) is 16.2. The highest BCUT2D eigenvalue weighted by molar-refractivity contribution is 7.22. The predicted octanol–water partition coefficient (Wildman–Crippen LogP) is 4.50. The van der Waals surface area contributed by atoms with E-state index in [2.05, 4.69) is 10.3 Å². The number of halogens is 1. The number of benzene rings is 1. The summed E-state index contributed by atoms with van der Waals surface area (Å²) in [5.74, 6) is 1.19. The van der Waals surface area contributed by atoms with E-state index in [0.29, 0.717) is 15.9 Å². The van der Waals surface area contributed by atoms with Gasteiger partial charge in [-0.15, -0.1) is 0 Å². The van der Waals surface area contributed by atoms with Gasteiger partial charge >= 0.3 is 0 Å². The van der Waals surface area contributed by atoms with Gasteiger partial charge in [-0.05, 0) is 43.3 Å². The SMILES string of the molecule is Cc1ccc(/C=C/C(=O)Nc2nc3ccc(Cl)cc3s2)o1. The summed E-state index contributed by atoms with van der Waals surface area (Å²) in [7, 11) is 0. The van der Waals surface area contributed by atoms with Crippen molar-refractivity contribution < 1.29 is 9.21 Å². The number of hydrogen-bond acceptors (Lipinski definition) is 4. The highest BCUT2D eigenvalue weighted by atomic mass is 35.5. The molecule has 2 aromatic heterocycles. The van der Waals surface area contributed by atoms with Crippen molar-refractivity contribution in [1.82, 2.24) is 4.98 Å². The summed E-state index contributed by atoms with van der Waals surface area (Å²) in [5, 5.41) is 3.91. The van der Waals surface area contributed by atoms with Gasteiger partial charge in [-0.1, -0.05) is 22.9 Å². The molecule has 3 rings (SSSR count). The Hall–Kier alpha value is -2.11. The summed E-state index contributed by atoms with van der Waals surface area (Å²) < 4.78 is 6.28. The standard InChI is InChI=1S/C15H11ClN2O2S/c1-9-2-4-11(20-9)5-7-14(19)18-15-17-12-6-3-10(16)8-13(12)21-15/h2-8H,1H3,(H,17,18,19)/b7-5+. The lowest BCUT2D eigenvalue weighted by Gasteiger charge is -1.94. The van der Waals surface area contributed by atoms with E-state index in [1.54, 1.807) is 18.2 Å². The summed E-state index contributed by atoms with van der Waals surface area (Å²) >= 11 is 7.30. The van der Waals surface area contributed by atoms with Crippen molar-refractivity contribution >= 4 is 50.3 Å². The van der Waals surface area contributed by atoms with Gasteiger partial charge in [-0.2, -0.15) is 0 Å². The molecule has 2 heterocycles. The van der Waals surface area contributed by atoms with Crippen LogP contribution < -0.4 is 5.32 Å². The molecule has 0 aliphatic heterocycles. The molecule has 0 spiro atoms. The fraction of sp³-hybridized carbons (Fsp3) is 0.0667. The third-order valence-electron chi connectivity index (χ3n) is 2.74. The number of hydrogen-bond donors (Lipinski definition) is 1. The first-order valence-corrected chi connectivity index (χ1v) is 7.41. The first-order chi connectivity index (χ1) is 10.1. The summed E-state index contributed by atoms with van der Waals surface area (Å²) in [6, 6.07) is 9.07. The van der Waals surface area contributed by atoms with Gasteiger partial charge < -0.3 is 4.42 Å². The molecule has 0 unspecified atom stereocenters. The quantitative estimate of drug-likeness (QED) is 0.723. The van der Waals surface area contributed by atoms with Gasteiger partial charge in [0.25, 0.3) is 0 Å². The molecule has 0 saturated heterocycles. The number of furan rings is 1. The van der Waals surface area contributed by atoms with Gasteiger partial charge in [0.05, 0.1) is 10.2 Å². The summed E-state index contributed by atoms with van der Waals surface area (Å²) in [6.45, 7) is 1.85. The van der Waals surface area contributed by atoms with Crippen LogP contribution in [-0.4, -0.2) is 10.9 Å². The van der Waals surface area contributed by atoms with Crippen LogP contribution in [0.15, 0.2) is 40.8 Å². The minimum Gasteiger partial charge on any atom is -0.462 e. The molecule has 1 aromatic carbocycles. The maximum Gasteiger partial charge on any atom is 0.250 e. The van der Waals surface area contributed by atoms with Crippen LogP contribution in [0.1, 0.15) is 11.5 Å². The molecule has 0 radical (unpaired) electrons. The molecule has 0 fully saturated rings. The van der Waals surface area contributed by atoms with E-state index >= 15 is 0 Å². The van der Waals surface area contributed by atoms with Crippen LogP contribution in [0.5, 0.6) is 0 Å². The number of rotatable bonds is 3. The van der Waals surface area contributed by atoms with E-state index in [-0.39, 0.29) is 5.91 Å². The van der Waals surface area contributed by atoms with Gasteiger partial charge in [-0.25, -0.2) is 4.98 Å². The fourth-order valence-electron chi connectivity index (χ4n) is 1.80. The second-order valence-electron chi connectivity index (χ2n) is 4.40. The Bertz CT molecular complexity index is 835. The van der Waals surface area contributed by atoms with Crippen LogP contribution in [0.3, 0.4) is 0 Å². The maximum atomic E-state index is 11.8. The highest BCUT2D eigenvalue weighted by Crippen LogP contribution is 2.28. The monoisotopic (exact) mass is 318 g/mol.